The van der Waals surface area contributed by atoms with Crippen molar-refractivity contribution < 1.29 is 60.6 Å². The molecule has 192 valence electrons. The first-order valence-corrected chi connectivity index (χ1v) is 13.1. The van der Waals surface area contributed by atoms with E-state index in [0.29, 0.717) is 4.57 Å². The summed E-state index contributed by atoms with van der Waals surface area (Å²) in [5.41, 5.74) is 10.7. The molecule has 0 radical (unpaired) electrons. The minimum absolute atomic E-state index is 0.178. The number of nitrogens with zero attached hydrogens (tertiary/aromatic N) is 5. The highest BCUT2D eigenvalue weighted by Crippen LogP contribution is 2.66. The monoisotopic (exact) mass is 554 g/mol. The number of aliphatic hydroxyl groups excluding tert-OH is 1. The van der Waals surface area contributed by atoms with Gasteiger partial charge in [-0.3, -0.25) is 9.09 Å². The highest BCUT2D eigenvalue weighted by molar-refractivity contribution is 7.66. The Bertz CT molecular complexity index is 1190. The Morgan fingerprint density at radius 3 is 2.50 bits per heavy atom. The molecule has 2 rings (SSSR count). The summed E-state index contributed by atoms with van der Waals surface area (Å²) in [7, 11) is -17.2. The fourth-order valence-electron chi connectivity index (χ4n) is 2.73. The molecule has 2 unspecified atom stereocenters. The molecule has 0 saturated carbocycles. The van der Waals surface area contributed by atoms with Crippen molar-refractivity contribution in [3.05, 3.63) is 32.7 Å². The molecule has 7 N–H and O–H groups in total. The zero-order chi connectivity index (χ0) is 26.1. The SMILES string of the molecule is Cc1cn([C@@H]2O[C@](CN=[N+]=[N-])(COP(=O)(O)OP(=O)(O)OP(=O)(O)O)[C@@H](O)[C@H]2F)c(=O)nc1N. The predicted octanol–water partition coefficient (Wildman–Crippen LogP) is -0.246. The summed E-state index contributed by atoms with van der Waals surface area (Å²) in [6.45, 7) is -0.892. The molecule has 1 fully saturated rings. The number of nitrogens with two attached hydrogens (primary N) is 1. The molecule has 1 aliphatic rings. The van der Waals surface area contributed by atoms with Crippen molar-refractivity contribution in [3.8, 4) is 0 Å². The molecule has 19 nitrogen and oxygen atoms in total. The van der Waals surface area contributed by atoms with Gasteiger partial charge in [0, 0.05) is 16.7 Å². The molecule has 1 aliphatic heterocycles. The van der Waals surface area contributed by atoms with Crippen molar-refractivity contribution in [1.29, 1.82) is 0 Å². The van der Waals surface area contributed by atoms with Crippen molar-refractivity contribution in [3.63, 3.8) is 0 Å². The minimum atomic E-state index is -5.87. The fraction of sp³-hybridized carbons (Fsp3) is 0.636. The topological polar surface area (TPSA) is 299 Å². The van der Waals surface area contributed by atoms with Gasteiger partial charge in [0.1, 0.15) is 17.5 Å². The lowest BCUT2D eigenvalue weighted by atomic mass is 9.97. The second kappa shape index (κ2) is 10.1. The summed E-state index contributed by atoms with van der Waals surface area (Å²) in [5, 5.41) is 13.5. The molecule has 1 aromatic rings. The zero-order valence-electron chi connectivity index (χ0n) is 16.8. The Kier molecular flexibility index (Phi) is 8.45. The number of aliphatic hydroxyl groups is 1. The van der Waals surface area contributed by atoms with E-state index in [2.05, 4.69) is 28.2 Å². The van der Waals surface area contributed by atoms with Crippen LogP contribution in [0, 0.1) is 6.92 Å². The number of ether oxygens (including phenoxy) is 1. The van der Waals surface area contributed by atoms with E-state index in [4.69, 9.17) is 25.8 Å². The van der Waals surface area contributed by atoms with Gasteiger partial charge in [0.2, 0.25) is 0 Å². The lowest BCUT2D eigenvalue weighted by molar-refractivity contribution is -0.120. The number of aryl methyl sites for hydroxylation is 1. The summed E-state index contributed by atoms with van der Waals surface area (Å²) < 4.78 is 66.5. The van der Waals surface area contributed by atoms with Crippen LogP contribution in [0.1, 0.15) is 11.8 Å². The number of hydrogen-bond acceptors (Lipinski definition) is 12. The van der Waals surface area contributed by atoms with Crippen LogP contribution < -0.4 is 11.4 Å². The minimum Gasteiger partial charge on any atom is -0.387 e. The van der Waals surface area contributed by atoms with Crippen LogP contribution in [0.15, 0.2) is 16.1 Å². The maximum absolute atomic E-state index is 14.9. The highest BCUT2D eigenvalue weighted by Gasteiger charge is 2.57. The van der Waals surface area contributed by atoms with E-state index in [1.165, 1.54) is 6.92 Å². The zero-order valence-corrected chi connectivity index (χ0v) is 19.4. The maximum atomic E-state index is 14.9. The van der Waals surface area contributed by atoms with E-state index in [0.717, 1.165) is 6.20 Å². The molecule has 1 saturated heterocycles. The average Bonchev–Trinajstić information content (AvgIpc) is 2.90. The van der Waals surface area contributed by atoms with Gasteiger partial charge in [-0.15, -0.1) is 0 Å². The number of rotatable bonds is 10. The van der Waals surface area contributed by atoms with Gasteiger partial charge in [0.25, 0.3) is 0 Å². The number of anilines is 1. The normalized spacial score (nSPS) is 28.6. The van der Waals surface area contributed by atoms with Gasteiger partial charge >= 0.3 is 29.2 Å². The van der Waals surface area contributed by atoms with Gasteiger partial charge in [-0.25, -0.2) is 22.9 Å². The highest BCUT2D eigenvalue weighted by atomic mass is 31.3. The first-order valence-electron chi connectivity index (χ1n) is 8.56. The Hall–Kier alpha value is -1.75. The Morgan fingerprint density at radius 1 is 1.32 bits per heavy atom. The van der Waals surface area contributed by atoms with E-state index in [1.807, 2.05) is 0 Å². The van der Waals surface area contributed by atoms with E-state index < -0.39 is 66.4 Å². The Balaban J connectivity index is 2.34. The molecule has 34 heavy (non-hydrogen) atoms. The summed E-state index contributed by atoms with van der Waals surface area (Å²) >= 11 is 0. The number of azide groups is 1. The quantitative estimate of drug-likeness (QED) is 0.0940. The molecule has 0 aliphatic carbocycles. The maximum Gasteiger partial charge on any atom is 0.490 e. The summed E-state index contributed by atoms with van der Waals surface area (Å²) in [6.07, 6.45) is -5.59. The van der Waals surface area contributed by atoms with Crippen molar-refractivity contribution in [2.75, 3.05) is 18.9 Å². The fourth-order valence-corrected chi connectivity index (χ4v) is 5.81. The Labute approximate surface area is 188 Å². The largest absolute Gasteiger partial charge is 0.490 e. The van der Waals surface area contributed by atoms with E-state index in [9.17, 15) is 37.8 Å². The van der Waals surface area contributed by atoms with Gasteiger partial charge < -0.3 is 35.2 Å². The van der Waals surface area contributed by atoms with E-state index in [-0.39, 0.29) is 11.4 Å². The van der Waals surface area contributed by atoms with Crippen LogP contribution in [0.25, 0.3) is 10.4 Å². The smallest absolute Gasteiger partial charge is 0.387 e. The van der Waals surface area contributed by atoms with Crippen molar-refractivity contribution in [2.45, 2.75) is 31.0 Å². The van der Waals surface area contributed by atoms with E-state index >= 15 is 0 Å². The number of hydrogen-bond donors (Lipinski definition) is 6. The molecule has 1 aromatic heterocycles. The third-order valence-electron chi connectivity index (χ3n) is 4.21. The van der Waals surface area contributed by atoms with Crippen molar-refractivity contribution in [2.24, 2.45) is 5.11 Å². The molecule has 0 spiro atoms. The third-order valence-corrected chi connectivity index (χ3v) is 7.99. The predicted molar refractivity (Wildman–Crippen MR) is 105 cm³/mol. The van der Waals surface area contributed by atoms with Crippen LogP contribution in [-0.4, -0.2) is 65.3 Å². The lowest BCUT2D eigenvalue weighted by Gasteiger charge is -2.30. The number of alkyl halides is 1. The van der Waals surface area contributed by atoms with Crippen LogP contribution in [0.3, 0.4) is 0 Å². The molecule has 2 heterocycles. The molecule has 23 heteroatoms. The van der Waals surface area contributed by atoms with Gasteiger partial charge in [0.15, 0.2) is 12.4 Å². The number of halogens is 1. The van der Waals surface area contributed by atoms with Gasteiger partial charge in [-0.05, 0) is 12.5 Å². The summed E-state index contributed by atoms with van der Waals surface area (Å²) in [5.74, 6) is -0.178. The first kappa shape index (κ1) is 28.5. The second-order valence-corrected chi connectivity index (χ2v) is 11.1. The van der Waals surface area contributed by atoms with Crippen LogP contribution in [0.2, 0.25) is 0 Å². The van der Waals surface area contributed by atoms with Crippen LogP contribution >= 0.6 is 23.5 Å². The molecule has 6 atom stereocenters. The molecular weight excluding hydrogens is 536 g/mol. The number of nitrogen functional groups attached to an aromatic ring is 1. The van der Waals surface area contributed by atoms with Crippen LogP contribution in [0.5, 0.6) is 0 Å². The summed E-state index contributed by atoms with van der Waals surface area (Å²) in [6, 6.07) is 0. The van der Waals surface area contributed by atoms with Gasteiger partial charge in [0.05, 0.1) is 13.2 Å². The summed E-state index contributed by atoms with van der Waals surface area (Å²) in [4.78, 5) is 53.9. The van der Waals surface area contributed by atoms with Crippen molar-refractivity contribution in [1.82, 2.24) is 9.55 Å². The number of aromatic nitrogens is 2. The van der Waals surface area contributed by atoms with E-state index in [1.54, 1.807) is 0 Å². The number of phosphoric ester groups is 1. The molecular formula is C11H18FN6O13P3. The first-order chi connectivity index (χ1) is 15.4. The molecule has 0 amide bonds. The number of phosphoric acid groups is 3. The van der Waals surface area contributed by atoms with Crippen molar-refractivity contribution >= 4 is 29.3 Å². The standard InChI is InChI=1S/C11H18FN6O13P3/c1-5-2-18(10(20)16-8(5)13)9-6(12)7(19)11(29-9,3-15-17-14)4-28-33(24,25)31-34(26,27)30-32(21,22)23/h2,6-7,9,19H,3-4H2,1H3,(H,24,25)(H,26,27)(H2,13,16,20)(H2,21,22,23)/t6-,7+,9-,11-/m1/s1. The third kappa shape index (κ3) is 6.90. The van der Waals surface area contributed by atoms with Crippen LogP contribution in [0.4, 0.5) is 10.2 Å². The molecule has 0 aromatic carbocycles. The van der Waals surface area contributed by atoms with Gasteiger partial charge in [-0.2, -0.15) is 13.6 Å². The second-order valence-electron chi connectivity index (χ2n) is 6.71. The van der Waals surface area contributed by atoms with Crippen LogP contribution in [-0.2, 0) is 31.6 Å². The molecule has 0 bridgehead atoms. The Morgan fingerprint density at radius 2 is 1.94 bits per heavy atom. The lowest BCUT2D eigenvalue weighted by Crippen LogP contribution is -2.48. The van der Waals surface area contributed by atoms with Gasteiger partial charge in [-0.1, -0.05) is 5.11 Å². The average molecular weight is 554 g/mol.